The summed E-state index contributed by atoms with van der Waals surface area (Å²) in [6.07, 6.45) is 1.98. The molecule has 352 valence electrons. The van der Waals surface area contributed by atoms with E-state index < -0.39 is 8.07 Å². The van der Waals surface area contributed by atoms with E-state index in [-0.39, 0.29) is 26.5 Å². The second-order valence-electron chi connectivity index (χ2n) is 19.8. The van der Waals surface area contributed by atoms with Gasteiger partial charge in [0.15, 0.2) is 0 Å². The topological polar surface area (TPSA) is 33.5 Å². The Morgan fingerprint density at radius 3 is 1.78 bits per heavy atom. The van der Waals surface area contributed by atoms with Crippen molar-refractivity contribution in [1.82, 2.24) is 9.55 Å². The number of hydrogen-bond acceptors (Lipinski definition) is 4. The maximum absolute atomic E-state index is 6.78. The van der Waals surface area contributed by atoms with Gasteiger partial charge in [-0.05, 0) is 96.6 Å². The van der Waals surface area contributed by atoms with E-state index in [4.69, 9.17) is 9.72 Å². The minimum absolute atomic E-state index is 0. The summed E-state index contributed by atoms with van der Waals surface area (Å²) in [7, 11) is -2.36. The number of rotatable bonds is 8. The van der Waals surface area contributed by atoms with Crippen LogP contribution in [0, 0.1) is 18.8 Å². The number of benzene rings is 9. The molecule has 0 spiro atoms. The van der Waals surface area contributed by atoms with Gasteiger partial charge in [0.25, 0.3) is 0 Å². The van der Waals surface area contributed by atoms with E-state index in [0.29, 0.717) is 11.5 Å². The van der Waals surface area contributed by atoms with Crippen LogP contribution in [0.4, 0.5) is 22.7 Å². The predicted octanol–water partition coefficient (Wildman–Crippen LogP) is 14.7. The van der Waals surface area contributed by atoms with Crippen molar-refractivity contribution in [3.8, 4) is 50.7 Å². The number of pyridine rings is 1. The fraction of sp³-hybridized carbons (Fsp3) is 0.0769. The molecule has 0 aliphatic carbocycles. The summed E-state index contributed by atoms with van der Waals surface area (Å²) in [6, 6.07) is 83.5. The van der Waals surface area contributed by atoms with Crippen LogP contribution in [0.25, 0.3) is 61.0 Å². The zero-order chi connectivity index (χ0) is 47.8. The van der Waals surface area contributed by atoms with E-state index in [0.717, 1.165) is 61.5 Å². The number of aromatic nitrogens is 2. The van der Waals surface area contributed by atoms with E-state index in [1.807, 2.05) is 24.4 Å². The molecule has 7 heteroatoms. The smallest absolute Gasteiger partial charge is 0.147 e. The number of nitrogens with zero attached hydrogens (tertiary/aromatic N) is 4. The van der Waals surface area contributed by atoms with E-state index in [1.165, 1.54) is 43.4 Å². The van der Waals surface area contributed by atoms with Crippen LogP contribution in [0.15, 0.2) is 219 Å². The molecular formula is C65H49N4OPtSi-3. The fourth-order valence-electron chi connectivity index (χ4n) is 11.0. The van der Waals surface area contributed by atoms with Crippen LogP contribution in [-0.2, 0) is 26.5 Å². The van der Waals surface area contributed by atoms with Crippen LogP contribution in [0.3, 0.4) is 0 Å². The maximum Gasteiger partial charge on any atom is 0.147 e. The summed E-state index contributed by atoms with van der Waals surface area (Å²) in [6.45, 7) is 11.6. The second-order valence-corrected chi connectivity index (χ2v) is 23.7. The van der Waals surface area contributed by atoms with E-state index >= 15 is 0 Å². The van der Waals surface area contributed by atoms with Crippen LogP contribution >= 0.6 is 0 Å². The molecule has 13 rings (SSSR count). The van der Waals surface area contributed by atoms with Gasteiger partial charge < -0.3 is 19.1 Å². The van der Waals surface area contributed by atoms with Crippen LogP contribution in [0.2, 0.25) is 6.55 Å². The van der Waals surface area contributed by atoms with Gasteiger partial charge in [0.1, 0.15) is 13.9 Å². The monoisotopic (exact) mass is 1120 g/mol. The predicted molar refractivity (Wildman–Crippen MR) is 296 cm³/mol. The quantitative estimate of drug-likeness (QED) is 0.112. The molecule has 9 aromatic carbocycles. The van der Waals surface area contributed by atoms with Crippen molar-refractivity contribution in [2.24, 2.45) is 0 Å². The van der Waals surface area contributed by atoms with Crippen molar-refractivity contribution >= 4 is 68.2 Å². The normalized spacial score (nSPS) is 13.4. The summed E-state index contributed by atoms with van der Waals surface area (Å²) in [5.74, 6) is 2.04. The summed E-state index contributed by atoms with van der Waals surface area (Å²) in [5.41, 5.74) is 14.6. The molecule has 0 bridgehead atoms. The molecule has 0 amide bonds. The van der Waals surface area contributed by atoms with Gasteiger partial charge in [0, 0.05) is 72.5 Å². The number of hydrogen-bond donors (Lipinski definition) is 0. The molecule has 72 heavy (non-hydrogen) atoms. The van der Waals surface area contributed by atoms with Crippen LogP contribution in [0.1, 0.15) is 26.3 Å². The molecule has 0 saturated heterocycles. The first-order chi connectivity index (χ1) is 34.7. The Balaban J connectivity index is 0.00000530. The van der Waals surface area contributed by atoms with Crippen LogP contribution < -0.4 is 30.1 Å². The SMILES string of the molecule is CC(C)(C)c1cc(-c2ccccc2)c(N2[CH-]N(c3[c-]c(Oc4[c-]c5c(cc4)c4ccccc4n5-c4cc([Si]5(C)c6ccccc6-c6ccccc65)ccn4)ccc3)c3ccccc32)c(-c2ccccc2)c1.[Pt]. The summed E-state index contributed by atoms with van der Waals surface area (Å²) >= 11 is 0. The minimum atomic E-state index is -2.36. The molecule has 11 aromatic rings. The van der Waals surface area contributed by atoms with Gasteiger partial charge in [-0.3, -0.25) is 0 Å². The van der Waals surface area contributed by atoms with Crippen LogP contribution in [-0.4, -0.2) is 17.6 Å². The Morgan fingerprint density at radius 2 is 1.11 bits per heavy atom. The number of fused-ring (bicyclic) bond motifs is 7. The van der Waals surface area contributed by atoms with Crippen molar-refractivity contribution in [1.29, 1.82) is 0 Å². The van der Waals surface area contributed by atoms with Gasteiger partial charge in [0.05, 0.1) is 0 Å². The number of para-hydroxylation sites is 3. The van der Waals surface area contributed by atoms with Crippen LogP contribution in [0.5, 0.6) is 11.5 Å². The Bertz CT molecular complexity index is 3760. The minimum Gasteiger partial charge on any atom is -0.509 e. The van der Waals surface area contributed by atoms with E-state index in [1.54, 1.807) is 0 Å². The van der Waals surface area contributed by atoms with Crippen molar-refractivity contribution in [2.75, 3.05) is 9.80 Å². The van der Waals surface area contributed by atoms with E-state index in [9.17, 15) is 0 Å². The largest absolute Gasteiger partial charge is 0.509 e. The van der Waals surface area contributed by atoms with Crippen molar-refractivity contribution in [3.05, 3.63) is 243 Å². The standard InChI is InChI=1S/C65H49N4OSi.Pt/c1-65(2,3)46-38-55(44-20-7-5-8-21-44)64(56(39-46)45-22-9-6-10-23-45)68-43-67(58-30-15-16-31-59(58)68)47-24-19-25-48(40-47)70-49-34-35-52-51-26-11-14-29-57(51)69(60(52)41-49)63-42-50(36-37-66-63)71(4)61-32-17-12-27-53(61)54-28-13-18-33-62(54)71;/h5-39,42-43H,1-4H3;/q-3;. The van der Waals surface area contributed by atoms with Gasteiger partial charge in [-0.2, -0.15) is 12.1 Å². The molecule has 0 radical (unpaired) electrons. The third-order valence-electron chi connectivity index (χ3n) is 14.6. The Morgan fingerprint density at radius 1 is 0.528 bits per heavy atom. The summed E-state index contributed by atoms with van der Waals surface area (Å²) < 4.78 is 9.03. The van der Waals surface area contributed by atoms with Gasteiger partial charge in [-0.25, -0.2) is 4.98 Å². The van der Waals surface area contributed by atoms with Crippen molar-refractivity contribution in [3.63, 3.8) is 0 Å². The Hall–Kier alpha value is -7.76. The molecule has 0 saturated carbocycles. The average Bonchev–Trinajstić information content (AvgIpc) is 4.05. The molecule has 2 aliphatic heterocycles. The fourth-order valence-corrected chi connectivity index (χ4v) is 15.1. The second kappa shape index (κ2) is 17.8. The third-order valence-corrected chi connectivity index (χ3v) is 19.1. The van der Waals surface area contributed by atoms with Gasteiger partial charge in [0.2, 0.25) is 0 Å². The first-order valence-corrected chi connectivity index (χ1v) is 26.9. The maximum atomic E-state index is 6.78. The first-order valence-electron chi connectivity index (χ1n) is 24.4. The summed E-state index contributed by atoms with van der Waals surface area (Å²) in [5, 5.41) is 6.41. The summed E-state index contributed by atoms with van der Waals surface area (Å²) in [4.78, 5) is 9.65. The van der Waals surface area contributed by atoms with Gasteiger partial charge in [-0.15, -0.1) is 48.1 Å². The number of ether oxygens (including phenoxy) is 1. The van der Waals surface area contributed by atoms with Crippen molar-refractivity contribution in [2.45, 2.75) is 32.7 Å². The third kappa shape index (κ3) is 7.43. The molecule has 0 atom stereocenters. The zero-order valence-electron chi connectivity index (χ0n) is 40.4. The zero-order valence-corrected chi connectivity index (χ0v) is 43.6. The Labute approximate surface area is 436 Å². The molecule has 2 aromatic heterocycles. The number of anilines is 4. The molecule has 0 unspecified atom stereocenters. The first kappa shape index (κ1) is 45.4. The van der Waals surface area contributed by atoms with Crippen molar-refractivity contribution < 1.29 is 25.8 Å². The molecule has 0 N–H and O–H groups in total. The Kier molecular flexibility index (Phi) is 11.2. The molecule has 5 nitrogen and oxygen atoms in total. The van der Waals surface area contributed by atoms with E-state index in [2.05, 4.69) is 255 Å². The molecule has 0 fully saturated rings. The van der Waals surface area contributed by atoms with Gasteiger partial charge >= 0.3 is 0 Å². The molecule has 2 aliphatic rings. The average molecular weight is 1130 g/mol. The molecule has 4 heterocycles. The molecular weight excluding hydrogens is 1080 g/mol. The van der Waals surface area contributed by atoms with Gasteiger partial charge in [-0.1, -0.05) is 172 Å².